The van der Waals surface area contributed by atoms with Crippen molar-refractivity contribution in [1.82, 2.24) is 4.98 Å². The van der Waals surface area contributed by atoms with Crippen LogP contribution in [0.4, 0.5) is 0 Å². The molecule has 0 saturated carbocycles. The van der Waals surface area contributed by atoms with E-state index in [0.717, 1.165) is 0 Å². The van der Waals surface area contributed by atoms with Gasteiger partial charge < -0.3 is 13.9 Å². The molecule has 9 heavy (non-hydrogen) atoms. The Morgan fingerprint density at radius 1 is 1.78 bits per heavy atom. The molecule has 0 radical (unpaired) electrons. The van der Waals surface area contributed by atoms with Crippen molar-refractivity contribution in [1.29, 1.82) is 0 Å². The summed E-state index contributed by atoms with van der Waals surface area (Å²) in [7, 11) is 1.53. The van der Waals surface area contributed by atoms with Gasteiger partial charge in [0.25, 0.3) is 0 Å². The van der Waals surface area contributed by atoms with Crippen LogP contribution in [0.15, 0.2) is 16.9 Å². The van der Waals surface area contributed by atoms with Crippen LogP contribution < -0.4 is 4.74 Å². The monoisotopic (exact) mass is 129 g/mol. The lowest BCUT2D eigenvalue weighted by Crippen LogP contribution is -1.98. The minimum Gasteiger partial charge on any atom is -0.423 e. The van der Waals surface area contributed by atoms with Gasteiger partial charge in [-0.3, -0.25) is 0 Å². The predicted octanol–water partition coefficient (Wildman–Crippen LogP) is 0.657. The zero-order chi connectivity index (χ0) is 6.53. The van der Waals surface area contributed by atoms with Gasteiger partial charge in [-0.1, -0.05) is 0 Å². The second kappa shape index (κ2) is 3.09. The molecule has 4 nitrogen and oxygen atoms in total. The number of hydrogen-bond donors (Lipinski definition) is 0. The number of ether oxygens (including phenoxy) is 2. The number of oxazole rings is 1. The maximum atomic E-state index is 4.80. The summed E-state index contributed by atoms with van der Waals surface area (Å²) in [5.41, 5.74) is 0. The van der Waals surface area contributed by atoms with Crippen LogP contribution in [-0.4, -0.2) is 18.9 Å². The van der Waals surface area contributed by atoms with E-state index < -0.39 is 0 Å². The van der Waals surface area contributed by atoms with E-state index in [-0.39, 0.29) is 12.9 Å². The number of rotatable bonds is 3. The van der Waals surface area contributed by atoms with Gasteiger partial charge >= 0.3 is 6.08 Å². The topological polar surface area (TPSA) is 44.5 Å². The summed E-state index contributed by atoms with van der Waals surface area (Å²) in [6.45, 7) is 0.167. The molecule has 0 atom stereocenters. The molecule has 1 aromatic rings. The summed E-state index contributed by atoms with van der Waals surface area (Å²) >= 11 is 0. The van der Waals surface area contributed by atoms with E-state index in [1.54, 1.807) is 0 Å². The summed E-state index contributed by atoms with van der Waals surface area (Å²) in [6, 6.07) is 0. The second-order valence-electron chi connectivity index (χ2n) is 1.35. The van der Waals surface area contributed by atoms with E-state index in [1.165, 1.54) is 19.6 Å². The zero-order valence-corrected chi connectivity index (χ0v) is 5.03. The molecule has 0 aliphatic rings. The molecule has 1 rings (SSSR count). The maximum absolute atomic E-state index is 4.80. The third kappa shape index (κ3) is 1.73. The fourth-order valence-corrected chi connectivity index (χ4v) is 0.391. The Balaban J connectivity index is 2.30. The van der Waals surface area contributed by atoms with Crippen molar-refractivity contribution >= 4 is 0 Å². The van der Waals surface area contributed by atoms with Crippen LogP contribution in [0, 0.1) is 0 Å². The van der Waals surface area contributed by atoms with E-state index in [0.29, 0.717) is 0 Å². The van der Waals surface area contributed by atoms with Crippen LogP contribution in [0.25, 0.3) is 0 Å². The number of aromatic nitrogens is 1. The average Bonchev–Trinajstić information content (AvgIpc) is 2.34. The lowest BCUT2D eigenvalue weighted by atomic mass is 11.0. The molecule has 1 heterocycles. The fraction of sp³-hybridized carbons (Fsp3) is 0.400. The van der Waals surface area contributed by atoms with Crippen LogP contribution in [0.2, 0.25) is 0 Å². The van der Waals surface area contributed by atoms with E-state index in [1.807, 2.05) is 0 Å². The van der Waals surface area contributed by atoms with Crippen LogP contribution >= 0.6 is 0 Å². The third-order valence-electron chi connectivity index (χ3n) is 0.710. The molecule has 0 aliphatic heterocycles. The number of hydrogen-bond acceptors (Lipinski definition) is 4. The molecule has 0 unspecified atom stereocenters. The Bertz CT molecular complexity index is 149. The number of nitrogens with zero attached hydrogens (tertiary/aromatic N) is 1. The Morgan fingerprint density at radius 2 is 2.67 bits per heavy atom. The predicted molar refractivity (Wildman–Crippen MR) is 29.0 cm³/mol. The molecule has 0 aromatic carbocycles. The Morgan fingerprint density at radius 3 is 3.22 bits per heavy atom. The minimum absolute atomic E-state index is 0.167. The van der Waals surface area contributed by atoms with Crippen LogP contribution in [-0.2, 0) is 4.74 Å². The molecule has 4 heteroatoms. The summed E-state index contributed by atoms with van der Waals surface area (Å²) in [5.74, 6) is 0. The molecule has 50 valence electrons. The first-order valence-corrected chi connectivity index (χ1v) is 2.44. The molecule has 0 aliphatic carbocycles. The maximum Gasteiger partial charge on any atom is 0.395 e. The molecule has 0 N–H and O–H groups in total. The summed E-state index contributed by atoms with van der Waals surface area (Å²) in [4.78, 5) is 3.68. The standard InChI is InChI=1S/C5H7NO3/c1-7-4-9-5-6-2-3-8-5/h2-3H,4H2,1H3. The first-order valence-electron chi connectivity index (χ1n) is 2.44. The molecule has 0 spiro atoms. The van der Waals surface area contributed by atoms with Crippen molar-refractivity contribution in [3.05, 3.63) is 12.5 Å². The van der Waals surface area contributed by atoms with E-state index in [9.17, 15) is 0 Å². The van der Waals surface area contributed by atoms with Crippen molar-refractivity contribution in [2.75, 3.05) is 13.9 Å². The Hall–Kier alpha value is -1.03. The highest BCUT2D eigenvalue weighted by Gasteiger charge is 1.93. The summed E-state index contributed by atoms with van der Waals surface area (Å²) < 4.78 is 14.1. The van der Waals surface area contributed by atoms with Gasteiger partial charge in [0.2, 0.25) is 0 Å². The SMILES string of the molecule is COCOc1ncco1. The Labute approximate surface area is 52.4 Å². The normalized spacial score (nSPS) is 9.44. The molecular formula is C5H7NO3. The average molecular weight is 129 g/mol. The summed E-state index contributed by atoms with van der Waals surface area (Å²) in [5, 5.41) is 0. The van der Waals surface area contributed by atoms with Crippen LogP contribution in [0.5, 0.6) is 6.08 Å². The minimum atomic E-state index is 0.167. The molecule has 0 bridgehead atoms. The van der Waals surface area contributed by atoms with Gasteiger partial charge in [0.15, 0.2) is 6.79 Å². The first-order chi connectivity index (χ1) is 4.43. The van der Waals surface area contributed by atoms with E-state index in [2.05, 4.69) is 9.72 Å². The first kappa shape index (κ1) is 6.10. The lowest BCUT2D eigenvalue weighted by molar-refractivity contribution is 0.0301. The van der Waals surface area contributed by atoms with Gasteiger partial charge in [-0.05, 0) is 0 Å². The van der Waals surface area contributed by atoms with Crippen molar-refractivity contribution < 1.29 is 13.9 Å². The largest absolute Gasteiger partial charge is 0.423 e. The molecule has 0 fully saturated rings. The molecule has 0 amide bonds. The van der Waals surface area contributed by atoms with Crippen molar-refractivity contribution in [2.24, 2.45) is 0 Å². The van der Waals surface area contributed by atoms with Crippen molar-refractivity contribution in [2.45, 2.75) is 0 Å². The zero-order valence-electron chi connectivity index (χ0n) is 5.03. The van der Waals surface area contributed by atoms with Gasteiger partial charge in [0, 0.05) is 7.11 Å². The quantitative estimate of drug-likeness (QED) is 0.562. The highest BCUT2D eigenvalue weighted by atomic mass is 16.7. The molecule has 1 aromatic heterocycles. The Kier molecular flexibility index (Phi) is 2.09. The third-order valence-corrected chi connectivity index (χ3v) is 0.710. The van der Waals surface area contributed by atoms with Crippen LogP contribution in [0.1, 0.15) is 0 Å². The highest BCUT2D eigenvalue weighted by Crippen LogP contribution is 2.02. The number of methoxy groups -OCH3 is 1. The molecular weight excluding hydrogens is 122 g/mol. The summed E-state index contributed by atoms with van der Waals surface area (Å²) in [6.07, 6.45) is 3.17. The van der Waals surface area contributed by atoms with Gasteiger partial charge in [0.1, 0.15) is 6.26 Å². The van der Waals surface area contributed by atoms with Gasteiger partial charge in [-0.2, -0.15) is 4.98 Å². The fourth-order valence-electron chi connectivity index (χ4n) is 0.391. The second-order valence-corrected chi connectivity index (χ2v) is 1.35. The lowest BCUT2D eigenvalue weighted by Gasteiger charge is -1.95. The van der Waals surface area contributed by atoms with Gasteiger partial charge in [0.05, 0.1) is 6.20 Å². The van der Waals surface area contributed by atoms with Crippen LogP contribution in [0.3, 0.4) is 0 Å². The van der Waals surface area contributed by atoms with Gasteiger partial charge in [-0.15, -0.1) is 0 Å². The molecule has 0 saturated heterocycles. The van der Waals surface area contributed by atoms with Crippen molar-refractivity contribution in [3.8, 4) is 6.08 Å². The van der Waals surface area contributed by atoms with Crippen molar-refractivity contribution in [3.63, 3.8) is 0 Å². The highest BCUT2D eigenvalue weighted by molar-refractivity contribution is 4.83. The van der Waals surface area contributed by atoms with E-state index in [4.69, 9.17) is 9.15 Å². The van der Waals surface area contributed by atoms with Gasteiger partial charge in [-0.25, -0.2) is 0 Å². The van der Waals surface area contributed by atoms with E-state index >= 15 is 0 Å². The smallest absolute Gasteiger partial charge is 0.395 e.